The lowest BCUT2D eigenvalue weighted by molar-refractivity contribution is -0.117. The zero-order chi connectivity index (χ0) is 20.4. The number of para-hydroxylation sites is 2. The summed E-state index contributed by atoms with van der Waals surface area (Å²) in [4.78, 5) is 20.6. The van der Waals surface area contributed by atoms with Crippen LogP contribution in [0.25, 0.3) is 22.4 Å². The molecule has 5 heteroatoms. The summed E-state index contributed by atoms with van der Waals surface area (Å²) in [7, 11) is 1.63. The number of halogens is 1. The smallest absolute Gasteiger partial charge is 0.141 e. The summed E-state index contributed by atoms with van der Waals surface area (Å²) in [5.74, 6) is 1.61. The second kappa shape index (κ2) is 8.10. The number of nitrogens with zero attached hydrogens (tertiary/aromatic N) is 1. The molecule has 4 rings (SSSR count). The molecule has 0 radical (unpaired) electrons. The Morgan fingerprint density at radius 1 is 1.03 bits per heavy atom. The van der Waals surface area contributed by atoms with Crippen molar-refractivity contribution in [3.8, 4) is 17.1 Å². The Labute approximate surface area is 174 Å². The lowest BCUT2D eigenvalue weighted by Crippen LogP contribution is -2.07. The zero-order valence-corrected chi connectivity index (χ0v) is 17.1. The van der Waals surface area contributed by atoms with Crippen molar-refractivity contribution in [2.45, 2.75) is 19.8 Å². The van der Waals surface area contributed by atoms with Crippen molar-refractivity contribution in [3.63, 3.8) is 0 Å². The van der Waals surface area contributed by atoms with Crippen LogP contribution in [0.1, 0.15) is 16.7 Å². The number of hydrogen-bond acceptors (Lipinski definition) is 3. The number of aryl methyl sites for hydroxylation is 1. The average Bonchev–Trinajstić information content (AvgIpc) is 3.12. The standard InChI is InChI=1S/C24H21ClN2O2/c1-15-9-17(13-19(10-15)29-2)12-18(28)11-16-7-8-21(25)20(14-16)24-26-22-5-3-4-6-23(22)27-24/h3-10,13-14H,11-12H2,1-2H3,(H,26,27). The van der Waals surface area contributed by atoms with Gasteiger partial charge in [0.25, 0.3) is 0 Å². The van der Waals surface area contributed by atoms with Crippen LogP contribution in [0.15, 0.2) is 60.7 Å². The van der Waals surface area contributed by atoms with Gasteiger partial charge in [0, 0.05) is 18.4 Å². The molecule has 0 fully saturated rings. The van der Waals surface area contributed by atoms with E-state index in [2.05, 4.69) is 9.97 Å². The molecule has 0 spiro atoms. The topological polar surface area (TPSA) is 55.0 Å². The van der Waals surface area contributed by atoms with Crippen LogP contribution in [0.2, 0.25) is 5.02 Å². The molecule has 0 amide bonds. The molecule has 0 atom stereocenters. The summed E-state index contributed by atoms with van der Waals surface area (Å²) in [6.07, 6.45) is 0.696. The quantitative estimate of drug-likeness (QED) is 0.458. The third-order valence-corrected chi connectivity index (χ3v) is 5.15. The Morgan fingerprint density at radius 2 is 1.83 bits per heavy atom. The van der Waals surface area contributed by atoms with E-state index >= 15 is 0 Å². The van der Waals surface area contributed by atoms with E-state index in [0.29, 0.717) is 23.7 Å². The number of carbonyl (C=O) groups excluding carboxylic acids is 1. The molecule has 0 aliphatic heterocycles. The normalized spacial score (nSPS) is 11.0. The Kier molecular flexibility index (Phi) is 5.36. The van der Waals surface area contributed by atoms with Gasteiger partial charge in [0.05, 0.1) is 23.2 Å². The van der Waals surface area contributed by atoms with Gasteiger partial charge in [-0.15, -0.1) is 0 Å². The van der Waals surface area contributed by atoms with Gasteiger partial charge >= 0.3 is 0 Å². The van der Waals surface area contributed by atoms with E-state index in [0.717, 1.165) is 39.0 Å². The predicted molar refractivity (Wildman–Crippen MR) is 117 cm³/mol. The molecule has 4 aromatic rings. The minimum atomic E-state index is 0.135. The van der Waals surface area contributed by atoms with Crippen LogP contribution in [0.4, 0.5) is 0 Å². The molecule has 0 saturated carbocycles. The molecule has 0 saturated heterocycles. The molecule has 29 heavy (non-hydrogen) atoms. The van der Waals surface area contributed by atoms with Crippen LogP contribution >= 0.6 is 11.6 Å². The highest BCUT2D eigenvalue weighted by molar-refractivity contribution is 6.33. The number of ether oxygens (including phenoxy) is 1. The van der Waals surface area contributed by atoms with Crippen LogP contribution in [0, 0.1) is 6.92 Å². The van der Waals surface area contributed by atoms with Gasteiger partial charge in [0.15, 0.2) is 0 Å². The lowest BCUT2D eigenvalue weighted by Gasteiger charge is -2.08. The van der Waals surface area contributed by atoms with Crippen LogP contribution in [0.3, 0.4) is 0 Å². The van der Waals surface area contributed by atoms with Crippen molar-refractivity contribution >= 4 is 28.4 Å². The van der Waals surface area contributed by atoms with Crippen molar-refractivity contribution in [3.05, 3.63) is 82.4 Å². The number of imidazole rings is 1. The number of benzene rings is 3. The maximum atomic E-state index is 12.7. The molecular formula is C24H21ClN2O2. The first kappa shape index (κ1) is 19.2. The van der Waals surface area contributed by atoms with E-state index in [-0.39, 0.29) is 5.78 Å². The van der Waals surface area contributed by atoms with E-state index in [4.69, 9.17) is 16.3 Å². The van der Waals surface area contributed by atoms with Gasteiger partial charge < -0.3 is 9.72 Å². The van der Waals surface area contributed by atoms with Gasteiger partial charge in [-0.3, -0.25) is 4.79 Å². The minimum Gasteiger partial charge on any atom is -0.497 e. The van der Waals surface area contributed by atoms with Crippen LogP contribution in [0.5, 0.6) is 5.75 Å². The summed E-state index contributed by atoms with van der Waals surface area (Å²) in [6.45, 7) is 2.00. The summed E-state index contributed by atoms with van der Waals surface area (Å²) >= 11 is 6.42. The van der Waals surface area contributed by atoms with Gasteiger partial charge in [0.1, 0.15) is 17.4 Å². The number of methoxy groups -OCH3 is 1. The molecule has 1 N–H and O–H groups in total. The molecule has 0 aliphatic rings. The first-order valence-corrected chi connectivity index (χ1v) is 9.79. The van der Waals surface area contributed by atoms with Gasteiger partial charge in [-0.25, -0.2) is 4.98 Å². The van der Waals surface area contributed by atoms with Gasteiger partial charge in [-0.1, -0.05) is 35.9 Å². The van der Waals surface area contributed by atoms with Crippen molar-refractivity contribution in [2.24, 2.45) is 0 Å². The molecular weight excluding hydrogens is 384 g/mol. The Morgan fingerprint density at radius 3 is 2.62 bits per heavy atom. The van der Waals surface area contributed by atoms with Crippen molar-refractivity contribution in [1.82, 2.24) is 9.97 Å². The van der Waals surface area contributed by atoms with Crippen LogP contribution in [-0.2, 0) is 17.6 Å². The fourth-order valence-corrected chi connectivity index (χ4v) is 3.71. The molecule has 0 aliphatic carbocycles. The van der Waals surface area contributed by atoms with Crippen molar-refractivity contribution in [1.29, 1.82) is 0 Å². The number of hydrogen-bond donors (Lipinski definition) is 1. The SMILES string of the molecule is COc1cc(C)cc(CC(=O)Cc2ccc(Cl)c(-c3nc4ccccc4[nH]3)c2)c1. The third-order valence-electron chi connectivity index (χ3n) is 4.82. The average molecular weight is 405 g/mol. The fraction of sp³-hybridized carbons (Fsp3) is 0.167. The third kappa shape index (κ3) is 4.33. The summed E-state index contributed by atoms with van der Waals surface area (Å²) in [5.41, 5.74) is 5.57. The molecule has 4 nitrogen and oxygen atoms in total. The Bertz CT molecular complexity index is 1160. The highest BCUT2D eigenvalue weighted by atomic mass is 35.5. The van der Waals surface area contributed by atoms with Crippen LogP contribution < -0.4 is 4.74 Å². The van der Waals surface area contributed by atoms with E-state index in [1.807, 2.05) is 67.6 Å². The van der Waals surface area contributed by atoms with Gasteiger partial charge in [-0.2, -0.15) is 0 Å². The number of nitrogens with one attached hydrogen (secondary N) is 1. The molecule has 0 bridgehead atoms. The molecule has 1 heterocycles. The number of H-pyrrole nitrogens is 1. The minimum absolute atomic E-state index is 0.135. The number of fused-ring (bicyclic) bond motifs is 1. The van der Waals surface area contributed by atoms with E-state index in [1.165, 1.54) is 0 Å². The number of Topliss-reactive ketones (excluding diaryl/α,β-unsaturated/α-hetero) is 1. The second-order valence-electron chi connectivity index (χ2n) is 7.17. The highest BCUT2D eigenvalue weighted by Crippen LogP contribution is 2.29. The fourth-order valence-electron chi connectivity index (χ4n) is 3.51. The van der Waals surface area contributed by atoms with E-state index < -0.39 is 0 Å². The largest absolute Gasteiger partial charge is 0.497 e. The maximum Gasteiger partial charge on any atom is 0.141 e. The summed E-state index contributed by atoms with van der Waals surface area (Å²) in [6, 6.07) is 19.4. The molecule has 0 unspecified atom stereocenters. The van der Waals surface area contributed by atoms with E-state index in [1.54, 1.807) is 7.11 Å². The maximum absolute atomic E-state index is 12.7. The first-order chi connectivity index (χ1) is 14.0. The second-order valence-corrected chi connectivity index (χ2v) is 7.57. The zero-order valence-electron chi connectivity index (χ0n) is 16.3. The molecule has 3 aromatic carbocycles. The summed E-state index contributed by atoms with van der Waals surface area (Å²) in [5, 5.41) is 0.601. The molecule has 1 aromatic heterocycles. The molecule has 146 valence electrons. The van der Waals surface area contributed by atoms with Crippen molar-refractivity contribution in [2.75, 3.05) is 7.11 Å². The number of aromatic nitrogens is 2. The van der Waals surface area contributed by atoms with Crippen molar-refractivity contribution < 1.29 is 9.53 Å². The lowest BCUT2D eigenvalue weighted by atomic mass is 10.00. The monoisotopic (exact) mass is 404 g/mol. The summed E-state index contributed by atoms with van der Waals surface area (Å²) < 4.78 is 5.30. The predicted octanol–water partition coefficient (Wildman–Crippen LogP) is 5.55. The first-order valence-electron chi connectivity index (χ1n) is 9.41. The number of aromatic amines is 1. The number of carbonyl (C=O) groups is 1. The van der Waals surface area contributed by atoms with Crippen LogP contribution in [-0.4, -0.2) is 22.9 Å². The number of ketones is 1. The van der Waals surface area contributed by atoms with Gasteiger partial charge in [-0.05, 0) is 60.0 Å². The van der Waals surface area contributed by atoms with E-state index in [9.17, 15) is 4.79 Å². The highest BCUT2D eigenvalue weighted by Gasteiger charge is 2.12. The number of rotatable bonds is 6. The Hall–Kier alpha value is -3.11. The van der Waals surface area contributed by atoms with Gasteiger partial charge in [0.2, 0.25) is 0 Å². The Balaban J connectivity index is 1.56.